The van der Waals surface area contributed by atoms with Crippen LogP contribution in [0.15, 0.2) is 24.8 Å². The molecule has 0 spiro atoms. The Labute approximate surface area is 131 Å². The van der Waals surface area contributed by atoms with E-state index in [0.717, 1.165) is 57.2 Å². The Kier molecular flexibility index (Phi) is 4.68. The van der Waals surface area contributed by atoms with Crippen LogP contribution in [0.1, 0.15) is 24.6 Å². The van der Waals surface area contributed by atoms with Gasteiger partial charge in [-0.3, -0.25) is 14.6 Å². The first-order valence-corrected chi connectivity index (χ1v) is 8.02. The van der Waals surface area contributed by atoms with Crippen molar-refractivity contribution >= 4 is 5.82 Å². The van der Waals surface area contributed by atoms with Crippen molar-refractivity contribution in [1.29, 1.82) is 0 Å². The van der Waals surface area contributed by atoms with E-state index in [2.05, 4.69) is 38.0 Å². The molecule has 3 heterocycles. The van der Waals surface area contributed by atoms with Crippen LogP contribution in [0.2, 0.25) is 0 Å². The highest BCUT2D eigenvalue weighted by Crippen LogP contribution is 2.14. The zero-order valence-corrected chi connectivity index (χ0v) is 13.4. The van der Waals surface area contributed by atoms with Crippen LogP contribution in [0, 0.1) is 6.92 Å². The summed E-state index contributed by atoms with van der Waals surface area (Å²) in [4.78, 5) is 13.7. The molecular weight excluding hydrogens is 276 g/mol. The summed E-state index contributed by atoms with van der Waals surface area (Å²) in [5.41, 5.74) is 2.27. The lowest BCUT2D eigenvalue weighted by Crippen LogP contribution is -2.31. The number of aromatic nitrogens is 4. The van der Waals surface area contributed by atoms with Crippen LogP contribution in [0.4, 0.5) is 5.82 Å². The number of hydrogen-bond donors (Lipinski definition) is 0. The Hall–Kier alpha value is -1.95. The largest absolute Gasteiger partial charge is 0.354 e. The molecule has 0 amide bonds. The van der Waals surface area contributed by atoms with Crippen LogP contribution in [0.25, 0.3) is 0 Å². The van der Waals surface area contributed by atoms with Gasteiger partial charge in [0.05, 0.1) is 18.1 Å². The van der Waals surface area contributed by atoms with E-state index in [0.29, 0.717) is 0 Å². The summed E-state index contributed by atoms with van der Waals surface area (Å²) in [5, 5.41) is 4.36. The van der Waals surface area contributed by atoms with E-state index in [1.54, 1.807) is 6.20 Å². The summed E-state index contributed by atoms with van der Waals surface area (Å²) in [6.07, 6.45) is 8.96. The predicted octanol–water partition coefficient (Wildman–Crippen LogP) is 1.71. The lowest BCUT2D eigenvalue weighted by molar-refractivity contribution is 0.285. The van der Waals surface area contributed by atoms with Crippen LogP contribution >= 0.6 is 0 Å². The van der Waals surface area contributed by atoms with E-state index in [4.69, 9.17) is 0 Å². The first-order valence-electron chi connectivity index (χ1n) is 8.02. The van der Waals surface area contributed by atoms with E-state index in [1.165, 1.54) is 5.56 Å². The Balaban J connectivity index is 1.60. The number of anilines is 1. The molecule has 1 fully saturated rings. The molecule has 2 aromatic rings. The number of nitrogens with zero attached hydrogens (tertiary/aromatic N) is 6. The molecule has 0 aliphatic carbocycles. The highest BCUT2D eigenvalue weighted by atomic mass is 15.3. The summed E-state index contributed by atoms with van der Waals surface area (Å²) in [6, 6.07) is 0. The van der Waals surface area contributed by atoms with Gasteiger partial charge in [0.1, 0.15) is 5.82 Å². The lowest BCUT2D eigenvalue weighted by atomic mass is 10.3. The van der Waals surface area contributed by atoms with Gasteiger partial charge < -0.3 is 4.90 Å². The fourth-order valence-corrected chi connectivity index (χ4v) is 2.88. The minimum Gasteiger partial charge on any atom is -0.354 e. The molecule has 0 saturated carbocycles. The normalized spacial score (nSPS) is 16.7. The third-order valence-electron chi connectivity index (χ3n) is 4.07. The van der Waals surface area contributed by atoms with Crippen LogP contribution in [0.3, 0.4) is 0 Å². The molecular formula is C16H24N6. The van der Waals surface area contributed by atoms with Gasteiger partial charge in [0.15, 0.2) is 0 Å². The van der Waals surface area contributed by atoms with Gasteiger partial charge in [-0.05, 0) is 20.3 Å². The Morgan fingerprint density at radius 1 is 1.09 bits per heavy atom. The summed E-state index contributed by atoms with van der Waals surface area (Å²) >= 11 is 0. The molecule has 22 heavy (non-hydrogen) atoms. The van der Waals surface area contributed by atoms with Gasteiger partial charge in [-0.25, -0.2) is 4.98 Å². The zero-order chi connectivity index (χ0) is 15.4. The van der Waals surface area contributed by atoms with Crippen LogP contribution in [-0.2, 0) is 13.1 Å². The van der Waals surface area contributed by atoms with Gasteiger partial charge in [-0.15, -0.1) is 0 Å². The summed E-state index contributed by atoms with van der Waals surface area (Å²) in [5.74, 6) is 1.00. The van der Waals surface area contributed by atoms with Crippen molar-refractivity contribution in [1.82, 2.24) is 24.6 Å². The molecule has 118 valence electrons. The summed E-state index contributed by atoms with van der Waals surface area (Å²) < 4.78 is 1.99. The lowest BCUT2D eigenvalue weighted by Gasteiger charge is -2.22. The maximum absolute atomic E-state index is 4.59. The van der Waals surface area contributed by atoms with Crippen LogP contribution in [0.5, 0.6) is 0 Å². The fourth-order valence-electron chi connectivity index (χ4n) is 2.88. The van der Waals surface area contributed by atoms with E-state index >= 15 is 0 Å². The quantitative estimate of drug-likeness (QED) is 0.860. The third-order valence-corrected chi connectivity index (χ3v) is 4.07. The Morgan fingerprint density at radius 2 is 2.00 bits per heavy atom. The van der Waals surface area contributed by atoms with Crippen LogP contribution < -0.4 is 4.90 Å². The second-order valence-corrected chi connectivity index (χ2v) is 5.84. The van der Waals surface area contributed by atoms with E-state index in [1.807, 2.05) is 24.0 Å². The van der Waals surface area contributed by atoms with Crippen molar-refractivity contribution in [3.63, 3.8) is 0 Å². The van der Waals surface area contributed by atoms with Gasteiger partial charge in [0.2, 0.25) is 0 Å². The molecule has 0 radical (unpaired) electrons. The molecule has 3 rings (SSSR count). The average molecular weight is 300 g/mol. The minimum atomic E-state index is 0.930. The molecule has 6 nitrogen and oxygen atoms in total. The second kappa shape index (κ2) is 6.87. The summed E-state index contributed by atoms with van der Waals surface area (Å²) in [7, 11) is 0. The van der Waals surface area contributed by atoms with Crippen LogP contribution in [-0.4, -0.2) is 50.8 Å². The Morgan fingerprint density at radius 3 is 2.77 bits per heavy atom. The number of hydrogen-bond acceptors (Lipinski definition) is 5. The molecule has 2 aromatic heterocycles. The Bertz CT molecular complexity index is 608. The zero-order valence-electron chi connectivity index (χ0n) is 13.4. The molecule has 0 atom stereocenters. The molecule has 0 aromatic carbocycles. The predicted molar refractivity (Wildman–Crippen MR) is 86.8 cm³/mol. The SMILES string of the molecule is CCn1cc(CN2CCCN(c3cncc(C)n3)CC2)cn1. The average Bonchev–Trinajstić information content (AvgIpc) is 2.84. The van der Waals surface area contributed by atoms with Gasteiger partial charge in [-0.1, -0.05) is 0 Å². The third kappa shape index (κ3) is 3.62. The van der Waals surface area contributed by atoms with Crippen molar-refractivity contribution in [3.05, 3.63) is 36.0 Å². The first-order chi connectivity index (χ1) is 10.7. The molecule has 6 heteroatoms. The van der Waals surface area contributed by atoms with Crippen molar-refractivity contribution < 1.29 is 0 Å². The molecule has 1 aliphatic heterocycles. The topological polar surface area (TPSA) is 50.1 Å². The van der Waals surface area contributed by atoms with Crippen molar-refractivity contribution in [2.24, 2.45) is 0 Å². The van der Waals surface area contributed by atoms with Gasteiger partial charge in [0, 0.05) is 57.2 Å². The summed E-state index contributed by atoms with van der Waals surface area (Å²) in [6.45, 7) is 10.2. The molecule has 1 aliphatic rings. The number of rotatable bonds is 4. The van der Waals surface area contributed by atoms with Gasteiger partial charge in [-0.2, -0.15) is 5.10 Å². The maximum Gasteiger partial charge on any atom is 0.147 e. The smallest absolute Gasteiger partial charge is 0.147 e. The maximum atomic E-state index is 4.59. The molecule has 1 saturated heterocycles. The van der Waals surface area contributed by atoms with Crippen molar-refractivity contribution in [3.8, 4) is 0 Å². The van der Waals surface area contributed by atoms with E-state index < -0.39 is 0 Å². The van der Waals surface area contributed by atoms with E-state index in [-0.39, 0.29) is 0 Å². The molecule has 0 unspecified atom stereocenters. The van der Waals surface area contributed by atoms with Gasteiger partial charge in [0.25, 0.3) is 0 Å². The minimum absolute atomic E-state index is 0.930. The first kappa shape index (κ1) is 15.0. The second-order valence-electron chi connectivity index (χ2n) is 5.84. The van der Waals surface area contributed by atoms with Crippen molar-refractivity contribution in [2.45, 2.75) is 33.4 Å². The fraction of sp³-hybridized carbons (Fsp3) is 0.562. The molecule has 0 N–H and O–H groups in total. The molecule has 0 bridgehead atoms. The standard InChI is InChI=1S/C16H24N6/c1-3-22-13-15(10-18-22)12-20-5-4-6-21(8-7-20)16-11-17-9-14(2)19-16/h9-11,13H,3-8,12H2,1-2H3. The van der Waals surface area contributed by atoms with Crippen molar-refractivity contribution in [2.75, 3.05) is 31.1 Å². The highest BCUT2D eigenvalue weighted by molar-refractivity contribution is 5.36. The van der Waals surface area contributed by atoms with Gasteiger partial charge >= 0.3 is 0 Å². The number of aryl methyl sites for hydroxylation is 2. The monoisotopic (exact) mass is 300 g/mol. The highest BCUT2D eigenvalue weighted by Gasteiger charge is 2.17. The van der Waals surface area contributed by atoms with E-state index in [9.17, 15) is 0 Å².